The van der Waals surface area contributed by atoms with Gasteiger partial charge in [0.15, 0.2) is 0 Å². The van der Waals surface area contributed by atoms with Gasteiger partial charge in [-0.15, -0.1) is 0 Å². The molecule has 1 atom stereocenters. The van der Waals surface area contributed by atoms with Gasteiger partial charge in [-0.25, -0.2) is 4.39 Å². The minimum atomic E-state index is -0.629. The van der Waals surface area contributed by atoms with Crippen LogP contribution in [0.15, 0.2) is 24.3 Å². The predicted molar refractivity (Wildman–Crippen MR) is 81.8 cm³/mol. The number of hydrogen-bond acceptors (Lipinski definition) is 4. The molecule has 1 heterocycles. The first kappa shape index (κ1) is 15.3. The number of aliphatic hydroxyl groups excluding tert-OH is 1. The third-order valence-corrected chi connectivity index (χ3v) is 3.55. The van der Waals surface area contributed by atoms with Crippen molar-refractivity contribution in [2.45, 2.75) is 26.5 Å². The molecule has 0 radical (unpaired) electrons. The second-order valence-electron chi connectivity index (χ2n) is 5.28. The molecule has 5 nitrogen and oxygen atoms in total. The fourth-order valence-corrected chi connectivity index (χ4v) is 2.28. The number of nitrogens with zero attached hydrogens (tertiary/aromatic N) is 3. The van der Waals surface area contributed by atoms with E-state index in [4.69, 9.17) is 5.73 Å². The zero-order valence-corrected chi connectivity index (χ0v) is 12.5. The molecule has 0 aliphatic heterocycles. The van der Waals surface area contributed by atoms with Gasteiger partial charge in [0.1, 0.15) is 5.82 Å². The van der Waals surface area contributed by atoms with Crippen molar-refractivity contribution in [2.24, 2.45) is 0 Å². The van der Waals surface area contributed by atoms with E-state index in [0.29, 0.717) is 18.8 Å². The second kappa shape index (κ2) is 6.13. The Kier molecular flexibility index (Phi) is 4.47. The Morgan fingerprint density at radius 3 is 2.71 bits per heavy atom. The topological polar surface area (TPSA) is 67.3 Å². The van der Waals surface area contributed by atoms with Crippen LogP contribution in [0.1, 0.15) is 11.4 Å². The molecule has 6 heteroatoms. The highest BCUT2D eigenvalue weighted by molar-refractivity contribution is 5.47. The number of aryl methyl sites for hydroxylation is 1. The van der Waals surface area contributed by atoms with Crippen molar-refractivity contribution in [3.05, 3.63) is 41.5 Å². The van der Waals surface area contributed by atoms with E-state index in [2.05, 4.69) is 5.10 Å². The van der Waals surface area contributed by atoms with Crippen LogP contribution in [0, 0.1) is 19.7 Å². The van der Waals surface area contributed by atoms with Crippen molar-refractivity contribution in [2.75, 3.05) is 24.2 Å². The Morgan fingerprint density at radius 1 is 1.43 bits per heavy atom. The molecule has 0 bridgehead atoms. The van der Waals surface area contributed by atoms with E-state index in [1.807, 2.05) is 25.8 Å². The van der Waals surface area contributed by atoms with E-state index < -0.39 is 6.10 Å². The van der Waals surface area contributed by atoms with Crippen LogP contribution in [0.5, 0.6) is 0 Å². The minimum absolute atomic E-state index is 0.292. The highest BCUT2D eigenvalue weighted by atomic mass is 19.1. The van der Waals surface area contributed by atoms with Crippen LogP contribution in [-0.4, -0.2) is 34.6 Å². The van der Waals surface area contributed by atoms with E-state index in [0.717, 1.165) is 17.1 Å². The lowest BCUT2D eigenvalue weighted by Gasteiger charge is -2.23. The van der Waals surface area contributed by atoms with Gasteiger partial charge in [0.05, 0.1) is 29.7 Å². The van der Waals surface area contributed by atoms with Crippen LogP contribution in [0.3, 0.4) is 0 Å². The van der Waals surface area contributed by atoms with Gasteiger partial charge >= 0.3 is 0 Å². The number of nitrogen functional groups attached to an aromatic ring is 1. The summed E-state index contributed by atoms with van der Waals surface area (Å²) < 4.78 is 14.9. The van der Waals surface area contributed by atoms with Gasteiger partial charge in [0.2, 0.25) is 0 Å². The van der Waals surface area contributed by atoms with Crippen LogP contribution >= 0.6 is 0 Å². The molecular weight excluding hydrogens is 271 g/mol. The van der Waals surface area contributed by atoms with E-state index >= 15 is 0 Å². The fourth-order valence-electron chi connectivity index (χ4n) is 2.28. The first-order valence-electron chi connectivity index (χ1n) is 6.82. The summed E-state index contributed by atoms with van der Waals surface area (Å²) in [4.78, 5) is 1.81. The average molecular weight is 292 g/mol. The summed E-state index contributed by atoms with van der Waals surface area (Å²) >= 11 is 0. The summed E-state index contributed by atoms with van der Waals surface area (Å²) in [6.07, 6.45) is -0.629. The number of benzene rings is 1. The summed E-state index contributed by atoms with van der Waals surface area (Å²) in [7, 11) is 1.81. The van der Waals surface area contributed by atoms with Gasteiger partial charge in [-0.2, -0.15) is 5.10 Å². The lowest BCUT2D eigenvalue weighted by atomic mass is 10.2. The van der Waals surface area contributed by atoms with Gasteiger partial charge in [-0.3, -0.25) is 4.68 Å². The maximum absolute atomic E-state index is 13.2. The first-order chi connectivity index (χ1) is 9.88. The van der Waals surface area contributed by atoms with Crippen molar-refractivity contribution in [3.63, 3.8) is 0 Å². The van der Waals surface area contributed by atoms with Gasteiger partial charge in [-0.05, 0) is 32.0 Å². The van der Waals surface area contributed by atoms with E-state index in [1.165, 1.54) is 12.1 Å². The van der Waals surface area contributed by atoms with Crippen LogP contribution < -0.4 is 10.6 Å². The van der Waals surface area contributed by atoms with Crippen molar-refractivity contribution in [1.29, 1.82) is 0 Å². The summed E-state index contributed by atoms with van der Waals surface area (Å²) in [5, 5.41) is 14.5. The smallest absolute Gasteiger partial charge is 0.125 e. The summed E-state index contributed by atoms with van der Waals surface area (Å²) in [5.74, 6) is -0.292. The molecule has 0 fully saturated rings. The van der Waals surface area contributed by atoms with Crippen molar-refractivity contribution < 1.29 is 9.50 Å². The van der Waals surface area contributed by atoms with Crippen molar-refractivity contribution >= 4 is 11.4 Å². The van der Waals surface area contributed by atoms with Gasteiger partial charge in [0.25, 0.3) is 0 Å². The lowest BCUT2D eigenvalue weighted by molar-refractivity contribution is 0.155. The number of aliphatic hydroxyl groups is 1. The number of rotatable bonds is 5. The molecular formula is C15H21FN4O. The fraction of sp³-hybridized carbons (Fsp3) is 0.400. The first-order valence-corrected chi connectivity index (χ1v) is 6.82. The molecule has 1 unspecified atom stereocenters. The minimum Gasteiger partial charge on any atom is -0.396 e. The van der Waals surface area contributed by atoms with Gasteiger partial charge < -0.3 is 15.7 Å². The highest BCUT2D eigenvalue weighted by Gasteiger charge is 2.14. The Morgan fingerprint density at radius 2 is 2.14 bits per heavy atom. The normalized spacial score (nSPS) is 12.4. The second-order valence-corrected chi connectivity index (χ2v) is 5.28. The van der Waals surface area contributed by atoms with Gasteiger partial charge in [0, 0.05) is 19.3 Å². The van der Waals surface area contributed by atoms with E-state index in [1.54, 1.807) is 16.8 Å². The average Bonchev–Trinajstić information content (AvgIpc) is 2.66. The molecule has 0 aliphatic rings. The number of hydrogen-bond donors (Lipinski definition) is 2. The molecule has 1 aromatic heterocycles. The number of nitrogens with two attached hydrogens (primary N) is 1. The molecule has 0 amide bonds. The Balaban J connectivity index is 2.01. The zero-order valence-electron chi connectivity index (χ0n) is 12.5. The van der Waals surface area contributed by atoms with Crippen LogP contribution in [0.4, 0.5) is 15.8 Å². The molecule has 0 spiro atoms. The molecule has 0 saturated heterocycles. The molecule has 114 valence electrons. The standard InChI is InChI=1S/C15H21FN4O/c1-10-15(17)11(2)20(18-10)9-14(21)8-19(3)13-6-4-5-12(16)7-13/h4-7,14,21H,8-9,17H2,1-3H3. The number of anilines is 2. The Hall–Kier alpha value is -2.08. The van der Waals surface area contributed by atoms with Crippen LogP contribution in [0.2, 0.25) is 0 Å². The number of aromatic nitrogens is 2. The van der Waals surface area contributed by atoms with E-state index in [9.17, 15) is 9.50 Å². The number of likely N-dealkylation sites (N-methyl/N-ethyl adjacent to an activating group) is 1. The molecule has 0 aliphatic carbocycles. The van der Waals surface area contributed by atoms with Crippen molar-refractivity contribution in [1.82, 2.24) is 9.78 Å². The summed E-state index contributed by atoms with van der Waals surface area (Å²) in [6, 6.07) is 6.28. The molecule has 21 heavy (non-hydrogen) atoms. The third-order valence-electron chi connectivity index (χ3n) is 3.55. The lowest BCUT2D eigenvalue weighted by Crippen LogP contribution is -2.32. The predicted octanol–water partition coefficient (Wildman–Crippen LogP) is 1.72. The maximum atomic E-state index is 13.2. The largest absolute Gasteiger partial charge is 0.396 e. The van der Waals surface area contributed by atoms with Crippen LogP contribution in [-0.2, 0) is 6.54 Å². The van der Waals surface area contributed by atoms with E-state index in [-0.39, 0.29) is 5.82 Å². The Bertz CT molecular complexity index is 626. The summed E-state index contributed by atoms with van der Waals surface area (Å²) in [5.41, 5.74) is 8.86. The van der Waals surface area contributed by atoms with Crippen molar-refractivity contribution in [3.8, 4) is 0 Å². The molecule has 1 aromatic carbocycles. The SMILES string of the molecule is Cc1nn(CC(O)CN(C)c2cccc(F)c2)c(C)c1N. The summed E-state index contributed by atoms with van der Waals surface area (Å²) in [6.45, 7) is 4.44. The number of halogens is 1. The highest BCUT2D eigenvalue weighted by Crippen LogP contribution is 2.17. The van der Waals surface area contributed by atoms with Crippen LogP contribution in [0.25, 0.3) is 0 Å². The molecule has 2 rings (SSSR count). The quantitative estimate of drug-likeness (QED) is 0.880. The van der Waals surface area contributed by atoms with Gasteiger partial charge in [-0.1, -0.05) is 6.07 Å². The zero-order chi connectivity index (χ0) is 15.6. The maximum Gasteiger partial charge on any atom is 0.125 e. The molecule has 0 saturated carbocycles. The Labute approximate surface area is 123 Å². The third kappa shape index (κ3) is 3.52. The molecule has 2 aromatic rings. The monoisotopic (exact) mass is 292 g/mol. The molecule has 3 N–H and O–H groups in total.